The molecule has 1 aliphatic rings. The van der Waals surface area contributed by atoms with Crippen molar-refractivity contribution < 1.29 is 22.7 Å². The Labute approximate surface area is 184 Å². The van der Waals surface area contributed by atoms with Crippen molar-refractivity contribution in [1.82, 2.24) is 14.9 Å². The second-order valence-corrected chi connectivity index (χ2v) is 11.2. The van der Waals surface area contributed by atoms with E-state index in [9.17, 15) is 18.0 Å². The van der Waals surface area contributed by atoms with Crippen molar-refractivity contribution in [3.8, 4) is 0 Å². The van der Waals surface area contributed by atoms with Crippen LogP contribution < -0.4 is 0 Å². The third-order valence-electron chi connectivity index (χ3n) is 4.97. The number of esters is 1. The Morgan fingerprint density at radius 1 is 1.27 bits per heavy atom. The minimum absolute atomic E-state index is 0.0284. The van der Waals surface area contributed by atoms with Crippen LogP contribution in [0.5, 0.6) is 0 Å². The molecule has 1 atom stereocenters. The van der Waals surface area contributed by atoms with Gasteiger partial charge in [-0.15, -0.1) is 11.3 Å². The Hall–Kier alpha value is -1.72. The molecule has 30 heavy (non-hydrogen) atoms. The summed E-state index contributed by atoms with van der Waals surface area (Å²) >= 11 is 2.55. The number of nitrogens with zero attached hydrogens (tertiary/aromatic N) is 3. The monoisotopic (exact) mass is 471 g/mol. The maximum Gasteiger partial charge on any atom is 0.348 e. The maximum absolute atomic E-state index is 12.8. The lowest BCUT2D eigenvalue weighted by atomic mass is 10.2. The van der Waals surface area contributed by atoms with Gasteiger partial charge in [-0.05, 0) is 39.7 Å². The first kappa shape index (κ1) is 23.0. The Bertz CT molecular complexity index is 1080. The Morgan fingerprint density at radius 3 is 2.60 bits per heavy atom. The Morgan fingerprint density at radius 2 is 2.00 bits per heavy atom. The molecule has 1 amide bonds. The fourth-order valence-corrected chi connectivity index (χ4v) is 7.50. The van der Waals surface area contributed by atoms with Gasteiger partial charge in [0.05, 0.1) is 23.9 Å². The number of ether oxygens (including phenoxy) is 1. The molecule has 164 valence electrons. The van der Waals surface area contributed by atoms with E-state index in [-0.39, 0.29) is 41.8 Å². The molecule has 1 saturated heterocycles. The molecule has 0 N–H and O–H groups in total. The number of fused-ring (bicyclic) bond motifs is 1. The van der Waals surface area contributed by atoms with E-state index in [1.165, 1.54) is 23.1 Å². The lowest BCUT2D eigenvalue weighted by Crippen LogP contribution is -2.41. The lowest BCUT2D eigenvalue weighted by Gasteiger charge is -2.26. The number of thioether (sulfide) groups is 1. The molecule has 0 saturated carbocycles. The minimum Gasteiger partial charge on any atom is -0.462 e. The number of sulfone groups is 1. The highest BCUT2D eigenvalue weighted by Gasteiger charge is 2.34. The number of aromatic nitrogens is 2. The first-order valence-electron chi connectivity index (χ1n) is 9.74. The van der Waals surface area contributed by atoms with E-state index >= 15 is 0 Å². The Kier molecular flexibility index (Phi) is 7.03. The molecule has 0 radical (unpaired) electrons. The lowest BCUT2D eigenvalue weighted by molar-refractivity contribution is -0.129. The Balaban J connectivity index is 1.83. The van der Waals surface area contributed by atoms with Gasteiger partial charge in [0.1, 0.15) is 20.6 Å². The highest BCUT2D eigenvalue weighted by atomic mass is 32.2. The highest BCUT2D eigenvalue weighted by Crippen LogP contribution is 2.36. The molecule has 11 heteroatoms. The summed E-state index contributed by atoms with van der Waals surface area (Å²) in [6, 6.07) is -0.265. The summed E-state index contributed by atoms with van der Waals surface area (Å²) in [7, 11) is -3.07. The fraction of sp³-hybridized carbons (Fsp3) is 0.579. The van der Waals surface area contributed by atoms with Crippen molar-refractivity contribution in [2.24, 2.45) is 0 Å². The second kappa shape index (κ2) is 9.19. The van der Waals surface area contributed by atoms with E-state index in [0.717, 1.165) is 10.9 Å². The van der Waals surface area contributed by atoms with Gasteiger partial charge in [-0.25, -0.2) is 23.2 Å². The van der Waals surface area contributed by atoms with Crippen molar-refractivity contribution in [2.75, 3.05) is 30.4 Å². The molecule has 0 aliphatic carbocycles. The smallest absolute Gasteiger partial charge is 0.348 e. The van der Waals surface area contributed by atoms with E-state index in [2.05, 4.69) is 9.97 Å². The van der Waals surface area contributed by atoms with Crippen LogP contribution in [-0.2, 0) is 19.4 Å². The van der Waals surface area contributed by atoms with Crippen LogP contribution in [0, 0.1) is 13.8 Å². The third kappa shape index (κ3) is 4.78. The SMILES string of the molecule is CCOC(=O)c1sc2nc(C)nc(SCC(=O)N(CC)[C@@H]3CCS(=O)(=O)C3)c2c1C. The molecule has 1 fully saturated rings. The van der Waals surface area contributed by atoms with E-state index in [1.807, 2.05) is 13.8 Å². The fourth-order valence-electron chi connectivity index (χ4n) is 3.57. The van der Waals surface area contributed by atoms with Gasteiger partial charge in [0.2, 0.25) is 5.91 Å². The third-order valence-corrected chi connectivity index (χ3v) is 8.85. The van der Waals surface area contributed by atoms with Crippen molar-refractivity contribution in [3.05, 3.63) is 16.3 Å². The average Bonchev–Trinajstić information content (AvgIpc) is 3.20. The van der Waals surface area contributed by atoms with Crippen LogP contribution in [0.2, 0.25) is 0 Å². The molecule has 2 aromatic rings. The molecule has 8 nitrogen and oxygen atoms in total. The predicted molar refractivity (Wildman–Crippen MR) is 118 cm³/mol. The topological polar surface area (TPSA) is 107 Å². The molecule has 2 aromatic heterocycles. The van der Waals surface area contributed by atoms with Gasteiger partial charge < -0.3 is 9.64 Å². The van der Waals surface area contributed by atoms with Crippen LogP contribution in [-0.4, -0.2) is 71.6 Å². The summed E-state index contributed by atoms with van der Waals surface area (Å²) in [5.41, 5.74) is 0.748. The van der Waals surface area contributed by atoms with Gasteiger partial charge in [-0.3, -0.25) is 4.79 Å². The predicted octanol–water partition coefficient (Wildman–Crippen LogP) is 2.61. The van der Waals surface area contributed by atoms with Gasteiger partial charge in [-0.2, -0.15) is 0 Å². The second-order valence-electron chi connectivity index (χ2n) is 7.06. The molecule has 3 rings (SSSR count). The zero-order chi connectivity index (χ0) is 22.1. The standard InChI is InChI=1S/C19H25N3O5S3/c1-5-22(13-7-8-30(25,26)10-13)14(23)9-28-17-15-11(3)16(19(24)27-6-2)29-18(15)21-12(4)20-17/h13H,5-10H2,1-4H3/t13-/m1/s1. The minimum atomic E-state index is -3.07. The number of aryl methyl sites for hydroxylation is 2. The van der Waals surface area contributed by atoms with Crippen LogP contribution in [0.4, 0.5) is 0 Å². The molecule has 1 aliphatic heterocycles. The van der Waals surface area contributed by atoms with E-state index < -0.39 is 9.84 Å². The molecule has 0 aromatic carbocycles. The molecule has 0 unspecified atom stereocenters. The number of carbonyl (C=O) groups excluding carboxylic acids is 2. The van der Waals surface area contributed by atoms with Gasteiger partial charge in [0.15, 0.2) is 9.84 Å². The molecule has 0 bridgehead atoms. The number of hydrogen-bond acceptors (Lipinski definition) is 9. The van der Waals surface area contributed by atoms with Crippen LogP contribution in [0.15, 0.2) is 5.03 Å². The van der Waals surface area contributed by atoms with Gasteiger partial charge >= 0.3 is 5.97 Å². The molecular formula is C19H25N3O5S3. The largest absolute Gasteiger partial charge is 0.462 e. The van der Waals surface area contributed by atoms with Crippen LogP contribution >= 0.6 is 23.1 Å². The number of rotatable bonds is 7. The van der Waals surface area contributed by atoms with Crippen LogP contribution in [0.1, 0.15) is 41.3 Å². The zero-order valence-electron chi connectivity index (χ0n) is 17.4. The average molecular weight is 472 g/mol. The zero-order valence-corrected chi connectivity index (χ0v) is 19.9. The van der Waals surface area contributed by atoms with Gasteiger partial charge in [0, 0.05) is 18.0 Å². The summed E-state index contributed by atoms with van der Waals surface area (Å²) < 4.78 is 28.7. The summed E-state index contributed by atoms with van der Waals surface area (Å²) in [5.74, 6) is 0.351. The van der Waals surface area contributed by atoms with Gasteiger partial charge in [0.25, 0.3) is 0 Å². The van der Waals surface area contributed by atoms with Crippen molar-refractivity contribution in [2.45, 2.75) is 45.2 Å². The number of carbonyl (C=O) groups is 2. The van der Waals surface area contributed by atoms with Crippen molar-refractivity contribution in [3.63, 3.8) is 0 Å². The number of thiophene rings is 1. The van der Waals surface area contributed by atoms with Gasteiger partial charge in [-0.1, -0.05) is 11.8 Å². The highest BCUT2D eigenvalue weighted by molar-refractivity contribution is 8.00. The van der Waals surface area contributed by atoms with Crippen molar-refractivity contribution in [1.29, 1.82) is 0 Å². The molecule has 0 spiro atoms. The number of hydrogen-bond donors (Lipinski definition) is 0. The number of amides is 1. The summed E-state index contributed by atoms with van der Waals surface area (Å²) in [6.07, 6.45) is 0.482. The summed E-state index contributed by atoms with van der Waals surface area (Å²) in [4.78, 5) is 36.9. The quantitative estimate of drug-likeness (QED) is 0.345. The molecule has 3 heterocycles. The first-order chi connectivity index (χ1) is 14.2. The van der Waals surface area contributed by atoms with E-state index in [1.54, 1.807) is 18.7 Å². The van der Waals surface area contributed by atoms with Crippen LogP contribution in [0.3, 0.4) is 0 Å². The molecular weight excluding hydrogens is 446 g/mol. The van der Waals surface area contributed by atoms with Crippen molar-refractivity contribution >= 4 is 55.0 Å². The normalized spacial score (nSPS) is 17.9. The summed E-state index contributed by atoms with van der Waals surface area (Å²) in [6.45, 7) is 7.96. The van der Waals surface area contributed by atoms with E-state index in [4.69, 9.17) is 4.74 Å². The van der Waals surface area contributed by atoms with Crippen LogP contribution in [0.25, 0.3) is 10.2 Å². The maximum atomic E-state index is 12.8. The van der Waals surface area contributed by atoms with E-state index in [0.29, 0.717) is 33.5 Å². The first-order valence-corrected chi connectivity index (χ1v) is 13.4. The summed E-state index contributed by atoms with van der Waals surface area (Å²) in [5, 5.41) is 1.41.